The first kappa shape index (κ1) is 14.0. The molecule has 0 aliphatic rings. The van der Waals surface area contributed by atoms with Crippen LogP contribution in [-0.4, -0.2) is 16.8 Å². The number of rotatable bonds is 5. The average molecular weight is 272 g/mol. The fourth-order valence-corrected chi connectivity index (χ4v) is 1.74. The molecule has 1 N–H and O–H groups in total. The number of ketones is 1. The summed E-state index contributed by atoms with van der Waals surface area (Å²) in [5.74, 6) is 0.696. The van der Waals surface area contributed by atoms with Gasteiger partial charge in [0, 0.05) is 24.5 Å². The summed E-state index contributed by atoms with van der Waals surface area (Å²) in [5, 5.41) is 6.24. The number of anilines is 1. The fourth-order valence-electron chi connectivity index (χ4n) is 1.74. The van der Waals surface area contributed by atoms with E-state index in [1.807, 2.05) is 19.1 Å². The summed E-state index contributed by atoms with van der Waals surface area (Å²) < 4.78 is 4.84. The molecule has 104 valence electrons. The van der Waals surface area contributed by atoms with Crippen molar-refractivity contribution >= 4 is 17.5 Å². The summed E-state index contributed by atoms with van der Waals surface area (Å²) in [6, 6.07) is 8.93. The highest BCUT2D eigenvalue weighted by atomic mass is 16.5. The predicted molar refractivity (Wildman–Crippen MR) is 74.6 cm³/mol. The Morgan fingerprint density at radius 2 is 1.85 bits per heavy atom. The van der Waals surface area contributed by atoms with Gasteiger partial charge in [0.15, 0.2) is 11.6 Å². The van der Waals surface area contributed by atoms with E-state index < -0.39 is 0 Å². The van der Waals surface area contributed by atoms with Gasteiger partial charge in [-0.15, -0.1) is 0 Å². The first-order chi connectivity index (χ1) is 9.54. The number of nitrogens with zero attached hydrogens (tertiary/aromatic N) is 1. The molecule has 1 aromatic carbocycles. The van der Waals surface area contributed by atoms with Crippen molar-refractivity contribution in [1.29, 1.82) is 0 Å². The topological polar surface area (TPSA) is 72.2 Å². The number of aryl methyl sites for hydroxylation is 2. The van der Waals surface area contributed by atoms with E-state index >= 15 is 0 Å². The fraction of sp³-hybridized carbons (Fsp3) is 0.267. The Kier molecular flexibility index (Phi) is 4.30. The van der Waals surface area contributed by atoms with Crippen molar-refractivity contribution in [2.24, 2.45) is 0 Å². The molecule has 5 heteroatoms. The average Bonchev–Trinajstić information content (AvgIpc) is 2.82. The minimum Gasteiger partial charge on any atom is -0.360 e. The lowest BCUT2D eigenvalue weighted by Gasteiger charge is -2.02. The Labute approximate surface area is 117 Å². The predicted octanol–water partition coefficient (Wildman–Crippen LogP) is 2.89. The van der Waals surface area contributed by atoms with Gasteiger partial charge in [0.05, 0.1) is 0 Å². The molecule has 0 aliphatic carbocycles. The van der Waals surface area contributed by atoms with Crippen molar-refractivity contribution in [3.63, 3.8) is 0 Å². The number of Topliss-reactive ketones (excluding diaryl/α,β-unsaturated/α-hetero) is 1. The normalized spacial score (nSPS) is 10.3. The van der Waals surface area contributed by atoms with Gasteiger partial charge in [0.25, 0.3) is 0 Å². The second-order valence-electron chi connectivity index (χ2n) is 4.66. The number of hydrogen-bond donors (Lipinski definition) is 1. The van der Waals surface area contributed by atoms with Gasteiger partial charge in [0.1, 0.15) is 5.76 Å². The molecule has 0 atom stereocenters. The Hall–Kier alpha value is -2.43. The lowest BCUT2D eigenvalue weighted by Crippen LogP contribution is -2.13. The maximum Gasteiger partial charge on any atom is 0.226 e. The van der Waals surface area contributed by atoms with Crippen LogP contribution in [-0.2, 0) is 4.79 Å². The smallest absolute Gasteiger partial charge is 0.226 e. The van der Waals surface area contributed by atoms with Crippen LogP contribution in [0.5, 0.6) is 0 Å². The van der Waals surface area contributed by atoms with Crippen LogP contribution in [0, 0.1) is 13.8 Å². The highest BCUT2D eigenvalue weighted by molar-refractivity contribution is 5.99. The number of hydrogen-bond acceptors (Lipinski definition) is 4. The van der Waals surface area contributed by atoms with E-state index in [4.69, 9.17) is 4.52 Å². The maximum atomic E-state index is 11.9. The van der Waals surface area contributed by atoms with Crippen LogP contribution in [0.1, 0.15) is 34.5 Å². The second-order valence-corrected chi connectivity index (χ2v) is 4.66. The maximum absolute atomic E-state index is 11.9. The third kappa shape index (κ3) is 3.78. The summed E-state index contributed by atoms with van der Waals surface area (Å²) in [4.78, 5) is 23.6. The van der Waals surface area contributed by atoms with Crippen molar-refractivity contribution < 1.29 is 14.1 Å². The first-order valence-corrected chi connectivity index (χ1v) is 6.37. The molecule has 1 aromatic heterocycles. The third-order valence-corrected chi connectivity index (χ3v) is 2.85. The molecule has 0 spiro atoms. The SMILES string of the molecule is Cc1ccc(C(=O)CCC(=O)Nc2cc(C)on2)cc1. The minimum absolute atomic E-state index is 0.0449. The van der Waals surface area contributed by atoms with E-state index in [1.165, 1.54) is 0 Å². The Morgan fingerprint density at radius 1 is 1.15 bits per heavy atom. The molecule has 2 aromatic rings. The van der Waals surface area contributed by atoms with Gasteiger partial charge in [-0.2, -0.15) is 0 Å². The summed E-state index contributed by atoms with van der Waals surface area (Å²) in [6.07, 6.45) is 0.296. The largest absolute Gasteiger partial charge is 0.360 e. The molecule has 0 fully saturated rings. The number of carbonyl (C=O) groups excluding carboxylic acids is 2. The molecule has 0 saturated carbocycles. The molecular formula is C15H16N2O3. The zero-order chi connectivity index (χ0) is 14.5. The van der Waals surface area contributed by atoms with Crippen LogP contribution < -0.4 is 5.32 Å². The van der Waals surface area contributed by atoms with E-state index in [-0.39, 0.29) is 24.5 Å². The van der Waals surface area contributed by atoms with Crippen LogP contribution in [0.25, 0.3) is 0 Å². The molecule has 0 unspecified atom stereocenters. The van der Waals surface area contributed by atoms with E-state index in [9.17, 15) is 9.59 Å². The van der Waals surface area contributed by atoms with E-state index in [2.05, 4.69) is 10.5 Å². The highest BCUT2D eigenvalue weighted by Gasteiger charge is 2.10. The first-order valence-electron chi connectivity index (χ1n) is 6.37. The van der Waals surface area contributed by atoms with Gasteiger partial charge >= 0.3 is 0 Å². The zero-order valence-electron chi connectivity index (χ0n) is 11.5. The second kappa shape index (κ2) is 6.14. The molecule has 5 nitrogen and oxygen atoms in total. The standard InChI is InChI=1S/C15H16N2O3/c1-10-3-5-12(6-4-10)13(18)7-8-15(19)16-14-9-11(2)20-17-14/h3-6,9H,7-8H2,1-2H3,(H,16,17,19). The molecule has 0 aliphatic heterocycles. The van der Waals surface area contributed by atoms with Gasteiger partial charge in [-0.25, -0.2) is 0 Å². The Bertz CT molecular complexity index is 614. The van der Waals surface area contributed by atoms with Crippen LogP contribution in [0.2, 0.25) is 0 Å². The monoisotopic (exact) mass is 272 g/mol. The lowest BCUT2D eigenvalue weighted by atomic mass is 10.1. The minimum atomic E-state index is -0.251. The highest BCUT2D eigenvalue weighted by Crippen LogP contribution is 2.10. The van der Waals surface area contributed by atoms with Gasteiger partial charge in [-0.3, -0.25) is 9.59 Å². The molecule has 0 radical (unpaired) electrons. The van der Waals surface area contributed by atoms with Crippen molar-refractivity contribution in [3.8, 4) is 0 Å². The summed E-state index contributed by atoms with van der Waals surface area (Å²) in [6.45, 7) is 3.70. The van der Waals surface area contributed by atoms with Crippen molar-refractivity contribution in [1.82, 2.24) is 5.16 Å². The van der Waals surface area contributed by atoms with Crippen molar-refractivity contribution in [2.45, 2.75) is 26.7 Å². The Morgan fingerprint density at radius 3 is 2.45 bits per heavy atom. The van der Waals surface area contributed by atoms with Crippen LogP contribution in [0.15, 0.2) is 34.9 Å². The zero-order valence-corrected chi connectivity index (χ0v) is 11.5. The lowest BCUT2D eigenvalue weighted by molar-refractivity contribution is -0.116. The van der Waals surface area contributed by atoms with Gasteiger partial charge in [-0.1, -0.05) is 35.0 Å². The number of benzene rings is 1. The van der Waals surface area contributed by atoms with Crippen LogP contribution in [0.4, 0.5) is 5.82 Å². The molecular weight excluding hydrogens is 256 g/mol. The molecule has 1 heterocycles. The Balaban J connectivity index is 1.84. The summed E-state index contributed by atoms with van der Waals surface area (Å²) in [7, 11) is 0. The van der Waals surface area contributed by atoms with Crippen LogP contribution >= 0.6 is 0 Å². The molecule has 1 amide bonds. The number of nitrogens with one attached hydrogen (secondary N) is 1. The van der Waals surface area contributed by atoms with Crippen molar-refractivity contribution in [3.05, 3.63) is 47.2 Å². The van der Waals surface area contributed by atoms with E-state index in [1.54, 1.807) is 25.1 Å². The quantitative estimate of drug-likeness (QED) is 0.849. The molecule has 0 bridgehead atoms. The summed E-state index contributed by atoms with van der Waals surface area (Å²) >= 11 is 0. The number of amides is 1. The van der Waals surface area contributed by atoms with Crippen molar-refractivity contribution in [2.75, 3.05) is 5.32 Å². The van der Waals surface area contributed by atoms with Crippen LogP contribution in [0.3, 0.4) is 0 Å². The molecule has 20 heavy (non-hydrogen) atoms. The van der Waals surface area contributed by atoms with E-state index in [0.29, 0.717) is 17.1 Å². The number of carbonyl (C=O) groups is 2. The summed E-state index contributed by atoms with van der Waals surface area (Å²) in [5.41, 5.74) is 1.72. The van der Waals surface area contributed by atoms with Gasteiger partial charge in [-0.05, 0) is 13.8 Å². The molecule has 2 rings (SSSR count). The van der Waals surface area contributed by atoms with E-state index in [0.717, 1.165) is 5.56 Å². The van der Waals surface area contributed by atoms with Gasteiger partial charge < -0.3 is 9.84 Å². The van der Waals surface area contributed by atoms with Gasteiger partial charge in [0.2, 0.25) is 5.91 Å². The third-order valence-electron chi connectivity index (χ3n) is 2.85. The molecule has 0 saturated heterocycles. The number of aromatic nitrogens is 1.